The predicted octanol–water partition coefficient (Wildman–Crippen LogP) is 3.07. The van der Waals surface area contributed by atoms with Gasteiger partial charge in [-0.3, -0.25) is 0 Å². The van der Waals surface area contributed by atoms with Gasteiger partial charge < -0.3 is 10.1 Å². The van der Waals surface area contributed by atoms with Crippen LogP contribution in [0, 0.1) is 17.8 Å². The molecule has 1 rings (SSSR count). The van der Waals surface area contributed by atoms with Gasteiger partial charge in [-0.25, -0.2) is 0 Å². The minimum absolute atomic E-state index is 0.790. The van der Waals surface area contributed by atoms with Crippen molar-refractivity contribution in [3.63, 3.8) is 0 Å². The Bertz CT molecular complexity index is 172. The third-order valence-electron chi connectivity index (χ3n) is 3.95. The van der Waals surface area contributed by atoms with Crippen LogP contribution in [0.2, 0.25) is 0 Å². The molecule has 0 spiro atoms. The summed E-state index contributed by atoms with van der Waals surface area (Å²) >= 11 is 0. The smallest absolute Gasteiger partial charge is 0.0497 e. The van der Waals surface area contributed by atoms with Crippen LogP contribution in [0.5, 0.6) is 0 Å². The van der Waals surface area contributed by atoms with E-state index in [0.717, 1.165) is 37.5 Å². The third kappa shape index (κ3) is 4.42. The fraction of sp³-hybridized carbons (Fsp3) is 1.00. The highest BCUT2D eigenvalue weighted by Crippen LogP contribution is 2.36. The predicted molar refractivity (Wildman–Crippen MR) is 69.6 cm³/mol. The zero-order valence-electron chi connectivity index (χ0n) is 11.3. The zero-order chi connectivity index (χ0) is 11.8. The molecule has 2 heteroatoms. The Morgan fingerprint density at radius 2 is 2.00 bits per heavy atom. The van der Waals surface area contributed by atoms with E-state index in [-0.39, 0.29) is 0 Å². The summed E-state index contributed by atoms with van der Waals surface area (Å²) in [6, 6.07) is 0. The molecule has 0 heterocycles. The molecule has 1 N–H and O–H groups in total. The monoisotopic (exact) mass is 227 g/mol. The molecule has 0 saturated heterocycles. The molecule has 96 valence electrons. The maximum atomic E-state index is 5.65. The van der Waals surface area contributed by atoms with Gasteiger partial charge in [-0.15, -0.1) is 0 Å². The molecule has 0 aromatic rings. The van der Waals surface area contributed by atoms with Crippen molar-refractivity contribution in [1.29, 1.82) is 0 Å². The van der Waals surface area contributed by atoms with Crippen LogP contribution >= 0.6 is 0 Å². The van der Waals surface area contributed by atoms with Crippen LogP contribution in [0.3, 0.4) is 0 Å². The highest BCUT2D eigenvalue weighted by atomic mass is 16.5. The number of nitrogens with one attached hydrogen (secondary N) is 1. The molecule has 1 aliphatic rings. The topological polar surface area (TPSA) is 21.3 Å². The Morgan fingerprint density at radius 1 is 1.19 bits per heavy atom. The lowest BCUT2D eigenvalue weighted by Crippen LogP contribution is -2.34. The summed E-state index contributed by atoms with van der Waals surface area (Å²) < 4.78 is 5.65. The van der Waals surface area contributed by atoms with Gasteiger partial charge in [-0.2, -0.15) is 0 Å². The lowest BCUT2D eigenvalue weighted by molar-refractivity contribution is 0.0498. The fourth-order valence-corrected chi connectivity index (χ4v) is 3.10. The Morgan fingerprint density at radius 3 is 2.62 bits per heavy atom. The van der Waals surface area contributed by atoms with Gasteiger partial charge in [0.1, 0.15) is 0 Å². The van der Waals surface area contributed by atoms with E-state index in [2.05, 4.69) is 26.2 Å². The molecule has 1 saturated carbocycles. The van der Waals surface area contributed by atoms with E-state index in [1.165, 1.54) is 32.1 Å². The maximum Gasteiger partial charge on any atom is 0.0497 e. The van der Waals surface area contributed by atoms with Gasteiger partial charge in [0, 0.05) is 13.2 Å². The van der Waals surface area contributed by atoms with Crippen molar-refractivity contribution in [3.8, 4) is 0 Å². The average Bonchev–Trinajstić information content (AvgIpc) is 2.30. The molecule has 0 aromatic heterocycles. The van der Waals surface area contributed by atoms with E-state index in [4.69, 9.17) is 4.74 Å². The highest BCUT2D eigenvalue weighted by molar-refractivity contribution is 4.81. The molecule has 0 bridgehead atoms. The minimum atomic E-state index is 0.790. The Hall–Kier alpha value is -0.0800. The van der Waals surface area contributed by atoms with Crippen LogP contribution in [0.15, 0.2) is 0 Å². The first kappa shape index (κ1) is 14.0. The highest BCUT2D eigenvalue weighted by Gasteiger charge is 2.29. The zero-order valence-corrected chi connectivity index (χ0v) is 11.3. The molecule has 0 aliphatic heterocycles. The lowest BCUT2D eigenvalue weighted by atomic mass is 9.73. The van der Waals surface area contributed by atoms with E-state index in [1.54, 1.807) is 0 Å². The maximum absolute atomic E-state index is 5.65. The SMILES string of the molecule is CCCC1CCC(CNC)C(COCC)C1. The van der Waals surface area contributed by atoms with Gasteiger partial charge in [0.25, 0.3) is 0 Å². The second-order valence-corrected chi connectivity index (χ2v) is 5.21. The first-order valence-electron chi connectivity index (χ1n) is 7.04. The summed E-state index contributed by atoms with van der Waals surface area (Å²) in [5, 5.41) is 3.34. The molecule has 0 aromatic carbocycles. The van der Waals surface area contributed by atoms with Crippen molar-refractivity contribution in [2.75, 3.05) is 26.8 Å². The third-order valence-corrected chi connectivity index (χ3v) is 3.95. The summed E-state index contributed by atoms with van der Waals surface area (Å²) in [4.78, 5) is 0. The van der Waals surface area contributed by atoms with Gasteiger partial charge in [0.15, 0.2) is 0 Å². The van der Waals surface area contributed by atoms with Gasteiger partial charge in [0.2, 0.25) is 0 Å². The van der Waals surface area contributed by atoms with E-state index < -0.39 is 0 Å². The molecule has 16 heavy (non-hydrogen) atoms. The van der Waals surface area contributed by atoms with Crippen molar-refractivity contribution in [2.24, 2.45) is 17.8 Å². The van der Waals surface area contributed by atoms with Crippen molar-refractivity contribution in [1.82, 2.24) is 5.32 Å². The lowest BCUT2D eigenvalue weighted by Gasteiger charge is -2.36. The molecule has 1 aliphatic carbocycles. The van der Waals surface area contributed by atoms with Gasteiger partial charge >= 0.3 is 0 Å². The summed E-state index contributed by atoms with van der Waals surface area (Å²) in [5.41, 5.74) is 0. The largest absolute Gasteiger partial charge is 0.381 e. The van der Waals surface area contributed by atoms with Crippen molar-refractivity contribution >= 4 is 0 Å². The van der Waals surface area contributed by atoms with Crippen molar-refractivity contribution < 1.29 is 4.74 Å². The van der Waals surface area contributed by atoms with E-state index in [9.17, 15) is 0 Å². The minimum Gasteiger partial charge on any atom is -0.381 e. The van der Waals surface area contributed by atoms with Gasteiger partial charge in [-0.1, -0.05) is 26.2 Å². The molecular weight excluding hydrogens is 198 g/mol. The molecule has 2 nitrogen and oxygen atoms in total. The van der Waals surface area contributed by atoms with Crippen LogP contribution in [-0.2, 0) is 4.74 Å². The molecule has 3 atom stereocenters. The van der Waals surface area contributed by atoms with Gasteiger partial charge in [0.05, 0.1) is 0 Å². The Labute approximate surface area is 101 Å². The van der Waals surface area contributed by atoms with Crippen LogP contribution in [0.4, 0.5) is 0 Å². The normalized spacial score (nSPS) is 30.6. The van der Waals surface area contributed by atoms with Gasteiger partial charge in [-0.05, 0) is 51.1 Å². The standard InChI is InChI=1S/C14H29NO/c1-4-6-12-7-8-13(10-15-3)14(9-12)11-16-5-2/h12-15H,4-11H2,1-3H3. The number of hydrogen-bond donors (Lipinski definition) is 1. The molecule has 0 amide bonds. The Balaban J connectivity index is 2.40. The second kappa shape index (κ2) is 8.08. The number of hydrogen-bond acceptors (Lipinski definition) is 2. The number of rotatable bonds is 7. The van der Waals surface area contributed by atoms with Crippen molar-refractivity contribution in [3.05, 3.63) is 0 Å². The van der Waals surface area contributed by atoms with Crippen LogP contribution < -0.4 is 5.32 Å². The summed E-state index contributed by atoms with van der Waals surface area (Å²) in [5.74, 6) is 2.59. The van der Waals surface area contributed by atoms with E-state index in [1.807, 2.05) is 0 Å². The van der Waals surface area contributed by atoms with Crippen LogP contribution in [0.25, 0.3) is 0 Å². The molecule has 0 radical (unpaired) electrons. The molecule has 1 fully saturated rings. The summed E-state index contributed by atoms with van der Waals surface area (Å²) in [6.45, 7) is 7.40. The fourth-order valence-electron chi connectivity index (χ4n) is 3.10. The van der Waals surface area contributed by atoms with Crippen LogP contribution in [-0.4, -0.2) is 26.8 Å². The van der Waals surface area contributed by atoms with E-state index >= 15 is 0 Å². The second-order valence-electron chi connectivity index (χ2n) is 5.21. The average molecular weight is 227 g/mol. The van der Waals surface area contributed by atoms with E-state index in [0.29, 0.717) is 0 Å². The molecular formula is C14H29NO. The first-order valence-corrected chi connectivity index (χ1v) is 7.04. The van der Waals surface area contributed by atoms with Crippen LogP contribution in [0.1, 0.15) is 46.0 Å². The summed E-state index contributed by atoms with van der Waals surface area (Å²) in [6.07, 6.45) is 6.96. The quantitative estimate of drug-likeness (QED) is 0.721. The van der Waals surface area contributed by atoms with Crippen molar-refractivity contribution in [2.45, 2.75) is 46.0 Å². The number of ether oxygens (including phenoxy) is 1. The first-order chi connectivity index (χ1) is 7.81. The summed E-state index contributed by atoms with van der Waals surface area (Å²) in [7, 11) is 2.07. The Kier molecular flexibility index (Phi) is 7.06. The molecule has 3 unspecified atom stereocenters.